The first kappa shape index (κ1) is 31.9. The highest BCUT2D eigenvalue weighted by Crippen LogP contribution is 2.50. The van der Waals surface area contributed by atoms with Gasteiger partial charge in [0.05, 0.1) is 31.0 Å². The highest BCUT2D eigenvalue weighted by molar-refractivity contribution is 7.87. The van der Waals surface area contributed by atoms with Crippen LogP contribution in [0.25, 0.3) is 0 Å². The minimum atomic E-state index is -4.10. The van der Waals surface area contributed by atoms with Crippen LogP contribution in [0.3, 0.4) is 0 Å². The Morgan fingerprint density at radius 1 is 0.894 bits per heavy atom. The number of methoxy groups -OCH3 is 1. The molecule has 0 bridgehead atoms. The topological polar surface area (TPSA) is 146 Å². The third-order valence-corrected chi connectivity index (χ3v) is 10.3. The van der Waals surface area contributed by atoms with Gasteiger partial charge in [-0.3, -0.25) is 14.4 Å². The third kappa shape index (κ3) is 5.64. The minimum Gasteiger partial charge on any atom is -0.465 e. The normalized spacial score (nSPS) is 19.1. The fourth-order valence-electron chi connectivity index (χ4n) is 5.62. The zero-order valence-corrected chi connectivity index (χ0v) is 26.9. The monoisotopic (exact) mass is 676 g/mol. The van der Waals surface area contributed by atoms with E-state index in [1.165, 1.54) is 36.3 Å². The summed E-state index contributed by atoms with van der Waals surface area (Å²) in [6.45, 7) is 3.23. The number of rotatable bonds is 9. The van der Waals surface area contributed by atoms with E-state index < -0.39 is 51.9 Å². The molecule has 3 aromatic carbocycles. The summed E-state index contributed by atoms with van der Waals surface area (Å²) in [4.78, 5) is 61.0. The van der Waals surface area contributed by atoms with Gasteiger partial charge in [-0.05, 0) is 61.4 Å². The molecule has 0 unspecified atom stereocenters. The lowest BCUT2D eigenvalue weighted by molar-refractivity contribution is -0.126. The van der Waals surface area contributed by atoms with E-state index in [1.54, 1.807) is 67.6 Å². The molecule has 0 N–H and O–H groups in total. The maximum absolute atomic E-state index is 14.3. The number of hydrogen-bond acceptors (Lipinski definition) is 12. The highest BCUT2D eigenvalue weighted by Gasteiger charge is 2.61. The van der Waals surface area contributed by atoms with Crippen molar-refractivity contribution in [3.8, 4) is 5.75 Å². The lowest BCUT2D eigenvalue weighted by Crippen LogP contribution is -2.37. The molecule has 2 aliphatic heterocycles. The van der Waals surface area contributed by atoms with Crippen molar-refractivity contribution in [1.29, 1.82) is 0 Å². The van der Waals surface area contributed by atoms with Gasteiger partial charge in [-0.1, -0.05) is 48.5 Å². The number of amides is 2. The van der Waals surface area contributed by atoms with Gasteiger partial charge in [0.25, 0.3) is 5.91 Å². The summed E-state index contributed by atoms with van der Waals surface area (Å²) in [6.07, 6.45) is -1.28. The molecule has 14 heteroatoms. The van der Waals surface area contributed by atoms with E-state index >= 15 is 0 Å². The van der Waals surface area contributed by atoms with Crippen LogP contribution in [-0.2, 0) is 34.0 Å². The number of esters is 2. The number of benzene rings is 3. The Hall–Kier alpha value is -5.05. The second-order valence-corrected chi connectivity index (χ2v) is 13.1. The molecule has 2 amide bonds. The van der Waals surface area contributed by atoms with Gasteiger partial charge >= 0.3 is 22.1 Å². The van der Waals surface area contributed by atoms with E-state index in [9.17, 15) is 27.6 Å². The third-order valence-electron chi connectivity index (χ3n) is 7.77. The SMILES string of the molecule is CCOC(=O)c1sc(N2C(=O)[C@H]3[C@@H](ON(c4ccccc4)[C@H]3c3ccc(OS(=O)(=O)c4ccccc4)cc3)C2=O)c(C(=O)OC)c1C. The quantitative estimate of drug-likeness (QED) is 0.136. The molecule has 12 nitrogen and oxygen atoms in total. The molecule has 242 valence electrons. The summed E-state index contributed by atoms with van der Waals surface area (Å²) in [5, 5.41) is 1.41. The lowest BCUT2D eigenvalue weighted by Gasteiger charge is -2.28. The first-order valence-corrected chi connectivity index (χ1v) is 16.7. The number of anilines is 2. The molecule has 0 aliphatic carbocycles. The van der Waals surface area contributed by atoms with Crippen molar-refractivity contribution < 1.29 is 46.1 Å². The van der Waals surface area contributed by atoms with Crippen molar-refractivity contribution >= 4 is 55.9 Å². The van der Waals surface area contributed by atoms with Gasteiger partial charge in [-0.2, -0.15) is 8.42 Å². The van der Waals surface area contributed by atoms with Crippen LogP contribution in [0.4, 0.5) is 10.7 Å². The van der Waals surface area contributed by atoms with E-state index in [1.807, 2.05) is 0 Å². The highest BCUT2D eigenvalue weighted by atomic mass is 32.2. The van der Waals surface area contributed by atoms with Gasteiger partial charge in [0, 0.05) is 0 Å². The van der Waals surface area contributed by atoms with Crippen molar-refractivity contribution in [2.45, 2.75) is 30.9 Å². The molecular weight excluding hydrogens is 649 g/mol. The Labute approximate surface area is 274 Å². The summed E-state index contributed by atoms with van der Waals surface area (Å²) in [6, 6.07) is 21.8. The van der Waals surface area contributed by atoms with Crippen LogP contribution in [0.5, 0.6) is 5.75 Å². The predicted molar refractivity (Wildman–Crippen MR) is 170 cm³/mol. The molecule has 3 atom stereocenters. The zero-order chi connectivity index (χ0) is 33.5. The second kappa shape index (κ2) is 12.6. The smallest absolute Gasteiger partial charge is 0.348 e. The van der Waals surface area contributed by atoms with Crippen LogP contribution in [0.15, 0.2) is 89.8 Å². The maximum Gasteiger partial charge on any atom is 0.348 e. The summed E-state index contributed by atoms with van der Waals surface area (Å²) >= 11 is 0.787. The Kier molecular flexibility index (Phi) is 8.57. The number of fused-ring (bicyclic) bond motifs is 1. The molecule has 2 aliphatic rings. The standard InChI is InChI=1S/C33H28N2O10S2/c1-4-43-33(39)28-19(2)24(32(38)42-3)31(46-28)34-29(36)25-26(35(44-27(25)30(34)37)21-11-7-5-8-12-21)20-15-17-22(18-16-20)45-47(40,41)23-13-9-6-10-14-23/h5-18,25-27H,4H2,1-3H3/t25-,26+,27-/m1/s1. The Morgan fingerprint density at radius 2 is 1.53 bits per heavy atom. The number of hydroxylamine groups is 1. The average molecular weight is 677 g/mol. The molecule has 3 heterocycles. The largest absolute Gasteiger partial charge is 0.465 e. The van der Waals surface area contributed by atoms with Gasteiger partial charge in [-0.25, -0.2) is 19.6 Å². The number of imide groups is 1. The van der Waals surface area contributed by atoms with Crippen molar-refractivity contribution in [3.05, 3.63) is 106 Å². The van der Waals surface area contributed by atoms with Crippen LogP contribution < -0.4 is 14.1 Å². The number of para-hydroxylation sites is 1. The van der Waals surface area contributed by atoms with Gasteiger partial charge in [-0.15, -0.1) is 11.3 Å². The van der Waals surface area contributed by atoms with Gasteiger partial charge in [0.1, 0.15) is 26.4 Å². The summed E-state index contributed by atoms with van der Waals surface area (Å²) in [5.41, 5.74) is 1.21. The molecule has 1 aromatic heterocycles. The molecule has 47 heavy (non-hydrogen) atoms. The van der Waals surface area contributed by atoms with Crippen LogP contribution in [-0.4, -0.2) is 52.0 Å². The Morgan fingerprint density at radius 3 is 2.15 bits per heavy atom. The van der Waals surface area contributed by atoms with Crippen LogP contribution >= 0.6 is 11.3 Å². The van der Waals surface area contributed by atoms with Crippen LogP contribution in [0.2, 0.25) is 0 Å². The van der Waals surface area contributed by atoms with Gasteiger partial charge in [0.15, 0.2) is 6.10 Å². The fourth-order valence-corrected chi connectivity index (χ4v) is 7.78. The van der Waals surface area contributed by atoms with E-state index in [4.69, 9.17) is 18.5 Å². The summed E-state index contributed by atoms with van der Waals surface area (Å²) in [5.74, 6) is -3.95. The van der Waals surface area contributed by atoms with E-state index in [0.717, 1.165) is 23.3 Å². The minimum absolute atomic E-state index is 0.0113. The van der Waals surface area contributed by atoms with Crippen LogP contribution in [0.1, 0.15) is 44.1 Å². The molecule has 2 fully saturated rings. The summed E-state index contributed by atoms with van der Waals surface area (Å²) in [7, 11) is -2.94. The maximum atomic E-state index is 14.3. The molecule has 6 rings (SSSR count). The van der Waals surface area contributed by atoms with Gasteiger partial charge < -0.3 is 13.7 Å². The van der Waals surface area contributed by atoms with E-state index in [-0.39, 0.29) is 38.3 Å². The first-order chi connectivity index (χ1) is 22.6. The number of carbonyl (C=O) groups excluding carboxylic acids is 4. The lowest BCUT2D eigenvalue weighted by atomic mass is 9.90. The molecule has 0 radical (unpaired) electrons. The summed E-state index contributed by atoms with van der Waals surface area (Å²) < 4.78 is 41.0. The van der Waals surface area contributed by atoms with E-state index in [2.05, 4.69) is 0 Å². The Bertz CT molecular complexity index is 1960. The van der Waals surface area contributed by atoms with Crippen molar-refractivity contribution in [2.24, 2.45) is 5.92 Å². The van der Waals surface area contributed by atoms with Crippen molar-refractivity contribution in [3.63, 3.8) is 0 Å². The van der Waals surface area contributed by atoms with Crippen LogP contribution in [0, 0.1) is 12.8 Å². The first-order valence-electron chi connectivity index (χ1n) is 14.4. The molecule has 0 spiro atoms. The molecule has 4 aromatic rings. The van der Waals surface area contributed by atoms with Gasteiger partial charge in [0.2, 0.25) is 5.91 Å². The number of carbonyl (C=O) groups is 4. The van der Waals surface area contributed by atoms with E-state index in [0.29, 0.717) is 11.3 Å². The predicted octanol–water partition coefficient (Wildman–Crippen LogP) is 4.84. The molecule has 0 saturated carbocycles. The number of hydrogen-bond donors (Lipinski definition) is 0. The second-order valence-electron chi connectivity index (χ2n) is 10.5. The number of nitrogens with zero attached hydrogens (tertiary/aromatic N) is 2. The Balaban J connectivity index is 1.38. The van der Waals surface area contributed by atoms with Crippen molar-refractivity contribution in [1.82, 2.24) is 0 Å². The average Bonchev–Trinajstić information content (AvgIpc) is 3.71. The number of ether oxygens (including phenoxy) is 2. The molecular formula is C33H28N2O10S2. The zero-order valence-electron chi connectivity index (χ0n) is 25.3. The van der Waals surface area contributed by atoms with Crippen molar-refractivity contribution in [2.75, 3.05) is 23.7 Å². The number of thiophene rings is 1. The molecule has 2 saturated heterocycles. The fraction of sp³-hybridized carbons (Fsp3) is 0.212.